The van der Waals surface area contributed by atoms with Gasteiger partial charge in [-0.2, -0.15) is 0 Å². The highest BCUT2D eigenvalue weighted by atomic mass is 32.2. The van der Waals surface area contributed by atoms with Gasteiger partial charge in [-0.05, 0) is 79.2 Å². The van der Waals surface area contributed by atoms with Crippen molar-refractivity contribution < 1.29 is 33.5 Å². The number of amides is 3. The first kappa shape index (κ1) is 34.1. The van der Waals surface area contributed by atoms with Gasteiger partial charge in [-0.15, -0.1) is 11.8 Å². The smallest absolute Gasteiger partial charge is 0.272 e. The molecule has 0 bridgehead atoms. The fourth-order valence-electron chi connectivity index (χ4n) is 4.28. The summed E-state index contributed by atoms with van der Waals surface area (Å²) < 4.78 is 16.2. The number of ether oxygens (including phenoxy) is 3. The summed E-state index contributed by atoms with van der Waals surface area (Å²) >= 11 is 1.30. The van der Waals surface area contributed by atoms with Crippen molar-refractivity contribution in [1.82, 2.24) is 5.32 Å². The third-order valence-electron chi connectivity index (χ3n) is 6.67. The second kappa shape index (κ2) is 16.0. The van der Waals surface area contributed by atoms with Gasteiger partial charge in [0.05, 0.1) is 31.5 Å². The third kappa shape index (κ3) is 9.11. The molecule has 3 N–H and O–H groups in total. The number of carbonyl (C=O) groups is 3. The van der Waals surface area contributed by atoms with Gasteiger partial charge in [0.25, 0.3) is 17.5 Å². The highest BCUT2D eigenvalue weighted by molar-refractivity contribution is 8.00. The molecule has 0 fully saturated rings. The Morgan fingerprint density at radius 3 is 1.94 bits per heavy atom. The van der Waals surface area contributed by atoms with E-state index in [1.165, 1.54) is 63.4 Å². The van der Waals surface area contributed by atoms with Crippen molar-refractivity contribution in [1.29, 1.82) is 0 Å². The maximum absolute atomic E-state index is 13.5. The van der Waals surface area contributed by atoms with Crippen molar-refractivity contribution in [2.75, 3.05) is 32.0 Å². The minimum absolute atomic E-state index is 0.0388. The fraction of sp³-hybridized carbons (Fsp3) is 0.147. The van der Waals surface area contributed by atoms with E-state index in [-0.39, 0.29) is 17.3 Å². The van der Waals surface area contributed by atoms with Gasteiger partial charge >= 0.3 is 0 Å². The number of anilines is 2. The second-order valence-corrected chi connectivity index (χ2v) is 11.3. The molecule has 1 unspecified atom stereocenters. The van der Waals surface area contributed by atoms with Gasteiger partial charge in [-0.25, -0.2) is 0 Å². The van der Waals surface area contributed by atoms with Crippen LogP contribution in [0.2, 0.25) is 0 Å². The first-order chi connectivity index (χ1) is 22.6. The molecule has 12 nitrogen and oxygen atoms in total. The molecule has 0 aliphatic rings. The first-order valence-corrected chi connectivity index (χ1v) is 15.0. The SMILES string of the molecule is COc1cc(/C=C(\NC(=O)c2ccccc2)C(=O)Nc2ccc(SC(C)C(=O)Nc3ccc([N+](=O)[O-])cc3)cc2)cc(OC)c1OC. The van der Waals surface area contributed by atoms with Gasteiger partial charge in [0, 0.05) is 34.0 Å². The molecule has 0 aromatic heterocycles. The highest BCUT2D eigenvalue weighted by Crippen LogP contribution is 2.38. The van der Waals surface area contributed by atoms with Crippen molar-refractivity contribution in [3.8, 4) is 17.2 Å². The van der Waals surface area contributed by atoms with Crippen LogP contribution >= 0.6 is 11.8 Å². The maximum atomic E-state index is 13.5. The predicted octanol–water partition coefficient (Wildman–Crippen LogP) is 6.15. The van der Waals surface area contributed by atoms with E-state index in [1.807, 2.05) is 0 Å². The number of nitro benzene ring substituents is 1. The molecule has 13 heteroatoms. The van der Waals surface area contributed by atoms with Crippen LogP contribution in [-0.4, -0.2) is 49.2 Å². The van der Waals surface area contributed by atoms with E-state index in [4.69, 9.17) is 14.2 Å². The molecule has 4 aromatic carbocycles. The molecule has 0 saturated carbocycles. The summed E-state index contributed by atoms with van der Waals surface area (Å²) in [6.07, 6.45) is 1.50. The van der Waals surface area contributed by atoms with E-state index < -0.39 is 22.0 Å². The second-order valence-electron chi connectivity index (χ2n) is 9.87. The minimum atomic E-state index is -0.584. The third-order valence-corrected chi connectivity index (χ3v) is 7.78. The number of benzene rings is 4. The van der Waals surface area contributed by atoms with Crippen molar-refractivity contribution in [3.63, 3.8) is 0 Å². The van der Waals surface area contributed by atoms with Crippen molar-refractivity contribution in [2.24, 2.45) is 0 Å². The maximum Gasteiger partial charge on any atom is 0.272 e. The van der Waals surface area contributed by atoms with E-state index in [0.717, 1.165) is 4.90 Å². The van der Waals surface area contributed by atoms with Gasteiger partial charge in [0.1, 0.15) is 5.70 Å². The number of hydrogen-bond acceptors (Lipinski definition) is 9. The fourth-order valence-corrected chi connectivity index (χ4v) is 5.14. The molecule has 0 heterocycles. The Labute approximate surface area is 275 Å². The first-order valence-electron chi connectivity index (χ1n) is 14.1. The van der Waals surface area contributed by atoms with Crippen molar-refractivity contribution in [3.05, 3.63) is 118 Å². The molecule has 3 amide bonds. The number of nitro groups is 1. The summed E-state index contributed by atoms with van der Waals surface area (Å²) in [5.41, 5.74) is 1.66. The number of nitrogens with one attached hydrogen (secondary N) is 3. The van der Waals surface area contributed by atoms with Gasteiger partial charge in [0.15, 0.2) is 11.5 Å². The lowest BCUT2D eigenvalue weighted by molar-refractivity contribution is -0.384. The number of hydrogen-bond donors (Lipinski definition) is 3. The Morgan fingerprint density at radius 1 is 0.809 bits per heavy atom. The van der Waals surface area contributed by atoms with Crippen LogP contribution in [0.3, 0.4) is 0 Å². The van der Waals surface area contributed by atoms with Crippen molar-refractivity contribution >= 4 is 52.6 Å². The normalized spacial score (nSPS) is 11.5. The van der Waals surface area contributed by atoms with E-state index in [2.05, 4.69) is 16.0 Å². The lowest BCUT2D eigenvalue weighted by atomic mass is 10.1. The summed E-state index contributed by atoms with van der Waals surface area (Å²) in [5, 5.41) is 18.6. The molecular formula is C34H32N4O8S. The Bertz CT molecular complexity index is 1750. The molecule has 0 spiro atoms. The molecule has 1 atom stereocenters. The number of thioether (sulfide) groups is 1. The van der Waals surface area contributed by atoms with E-state index >= 15 is 0 Å². The highest BCUT2D eigenvalue weighted by Gasteiger charge is 2.19. The summed E-state index contributed by atoms with van der Waals surface area (Å²) in [5.74, 6) is -0.224. The quantitative estimate of drug-likeness (QED) is 0.0664. The molecule has 4 rings (SSSR count). The number of methoxy groups -OCH3 is 3. The van der Waals surface area contributed by atoms with E-state index in [1.54, 1.807) is 73.7 Å². The van der Waals surface area contributed by atoms with Gasteiger partial charge in [-0.1, -0.05) is 18.2 Å². The zero-order chi connectivity index (χ0) is 33.9. The summed E-state index contributed by atoms with van der Waals surface area (Å²) in [6.45, 7) is 1.73. The number of carbonyl (C=O) groups excluding carboxylic acids is 3. The monoisotopic (exact) mass is 656 g/mol. The van der Waals surface area contributed by atoms with Crippen molar-refractivity contribution in [2.45, 2.75) is 17.1 Å². The van der Waals surface area contributed by atoms with Gasteiger partial charge < -0.3 is 30.2 Å². The van der Waals surface area contributed by atoms with Gasteiger partial charge in [0.2, 0.25) is 11.7 Å². The molecule has 242 valence electrons. The van der Waals surface area contributed by atoms with Crippen LogP contribution in [0.15, 0.2) is 102 Å². The molecule has 47 heavy (non-hydrogen) atoms. The Hall–Kier alpha value is -5.82. The largest absolute Gasteiger partial charge is 0.493 e. The van der Waals surface area contributed by atoms with Crippen LogP contribution < -0.4 is 30.2 Å². The summed E-state index contributed by atoms with van der Waals surface area (Å²) in [4.78, 5) is 50.4. The van der Waals surface area contributed by atoms with Crippen LogP contribution in [-0.2, 0) is 9.59 Å². The Balaban J connectivity index is 1.49. The van der Waals surface area contributed by atoms with Crippen LogP contribution in [0, 0.1) is 10.1 Å². The summed E-state index contributed by atoms with van der Waals surface area (Å²) in [6, 6.07) is 24.2. The van der Waals surface area contributed by atoms with Crippen LogP contribution in [0.5, 0.6) is 17.2 Å². The van der Waals surface area contributed by atoms with E-state index in [0.29, 0.717) is 39.8 Å². The van der Waals surface area contributed by atoms with Crippen LogP contribution in [0.4, 0.5) is 17.1 Å². The number of non-ortho nitro benzene ring substituents is 1. The zero-order valence-electron chi connectivity index (χ0n) is 25.9. The molecule has 0 aliphatic carbocycles. The average Bonchev–Trinajstić information content (AvgIpc) is 3.08. The predicted molar refractivity (Wildman–Crippen MR) is 180 cm³/mol. The zero-order valence-corrected chi connectivity index (χ0v) is 26.8. The topological polar surface area (TPSA) is 158 Å². The molecule has 0 radical (unpaired) electrons. The standard InChI is InChI=1S/C34H32N4O8S/c1-21(32(39)35-24-10-14-26(15-11-24)38(42)43)47-27-16-12-25(13-17-27)36-34(41)28(37-33(40)23-8-6-5-7-9-23)18-22-19-29(44-2)31(46-4)30(20-22)45-3/h5-21H,1-4H3,(H,35,39)(H,36,41)(H,37,40)/b28-18-. The molecule has 4 aromatic rings. The molecular weight excluding hydrogens is 624 g/mol. The average molecular weight is 657 g/mol. The minimum Gasteiger partial charge on any atom is -0.493 e. The van der Waals surface area contributed by atoms with Gasteiger partial charge in [-0.3, -0.25) is 24.5 Å². The molecule has 0 saturated heterocycles. The lowest BCUT2D eigenvalue weighted by Gasteiger charge is -2.15. The number of nitrogens with zero attached hydrogens (tertiary/aromatic N) is 1. The van der Waals surface area contributed by atoms with E-state index in [9.17, 15) is 24.5 Å². The number of rotatable bonds is 13. The van der Waals surface area contributed by atoms with Crippen LogP contribution in [0.25, 0.3) is 6.08 Å². The lowest BCUT2D eigenvalue weighted by Crippen LogP contribution is -2.30. The Morgan fingerprint density at radius 2 is 1.38 bits per heavy atom. The summed E-state index contributed by atoms with van der Waals surface area (Å²) in [7, 11) is 4.43. The van der Waals surface area contributed by atoms with Crippen LogP contribution in [0.1, 0.15) is 22.8 Å². The Kier molecular flexibility index (Phi) is 11.6. The molecule has 0 aliphatic heterocycles.